The molecule has 2 unspecified atom stereocenters. The average molecular weight is 312 g/mol. The number of nitrogens with zero attached hydrogens (tertiary/aromatic N) is 2. The Hall–Kier alpha value is -1.94. The van der Waals surface area contributed by atoms with Crippen molar-refractivity contribution in [2.24, 2.45) is 5.92 Å². The Bertz CT molecular complexity index is 714. The third-order valence-electron chi connectivity index (χ3n) is 4.81. The Morgan fingerprint density at radius 2 is 2.04 bits per heavy atom. The topological polar surface area (TPSA) is 53.4 Å². The zero-order valence-electron chi connectivity index (χ0n) is 13.8. The number of hydrogen-bond acceptors (Lipinski definition) is 3. The van der Waals surface area contributed by atoms with Gasteiger partial charge in [-0.05, 0) is 31.9 Å². The number of amides is 1. The zero-order valence-corrected chi connectivity index (χ0v) is 13.8. The van der Waals surface area contributed by atoms with Crippen LogP contribution in [0.5, 0.6) is 0 Å². The lowest BCUT2D eigenvalue weighted by Gasteiger charge is -2.31. The Labute approximate surface area is 137 Å². The molecule has 1 fully saturated rings. The molecule has 3 rings (SSSR count). The molecule has 1 N–H and O–H groups in total. The summed E-state index contributed by atoms with van der Waals surface area (Å²) in [5, 5.41) is 11.1. The number of benzene rings is 1. The van der Waals surface area contributed by atoms with E-state index >= 15 is 0 Å². The van der Waals surface area contributed by atoms with Crippen LogP contribution >= 0.6 is 0 Å². The molecule has 1 heterocycles. The van der Waals surface area contributed by atoms with Crippen LogP contribution in [0.4, 0.5) is 0 Å². The zero-order chi connectivity index (χ0) is 16.4. The van der Waals surface area contributed by atoms with E-state index in [0.29, 0.717) is 12.1 Å². The second kappa shape index (κ2) is 6.67. The lowest BCUT2D eigenvalue weighted by atomic mass is 9.86. The molecule has 0 saturated heterocycles. The van der Waals surface area contributed by atoms with Gasteiger partial charge in [-0.15, -0.1) is 0 Å². The van der Waals surface area contributed by atoms with Crippen molar-refractivity contribution in [3.05, 3.63) is 41.6 Å². The Morgan fingerprint density at radius 1 is 1.26 bits per heavy atom. The normalized spacial score (nSPS) is 21.3. The van der Waals surface area contributed by atoms with Crippen molar-refractivity contribution in [2.75, 3.05) is 13.6 Å². The van der Waals surface area contributed by atoms with Crippen LogP contribution in [0.15, 0.2) is 30.3 Å². The maximum absolute atomic E-state index is 12.9. The Morgan fingerprint density at radius 3 is 2.83 bits per heavy atom. The molecular formula is C19H24N2O2. The van der Waals surface area contributed by atoms with Gasteiger partial charge in [0.25, 0.3) is 5.91 Å². The third kappa shape index (κ3) is 3.37. The van der Waals surface area contributed by atoms with E-state index in [2.05, 4.69) is 4.98 Å². The lowest BCUT2D eigenvalue weighted by Crippen LogP contribution is -2.38. The Balaban J connectivity index is 1.83. The number of aliphatic hydroxyl groups excluding tert-OH is 1. The minimum atomic E-state index is -0.285. The van der Waals surface area contributed by atoms with E-state index in [1.807, 2.05) is 44.3 Å². The van der Waals surface area contributed by atoms with Gasteiger partial charge in [0.05, 0.1) is 17.2 Å². The number of rotatable bonds is 3. The number of aliphatic hydroxyl groups is 1. The number of aryl methyl sites for hydroxylation is 1. The van der Waals surface area contributed by atoms with Gasteiger partial charge in [-0.2, -0.15) is 0 Å². The molecule has 1 saturated carbocycles. The fraction of sp³-hybridized carbons (Fsp3) is 0.474. The molecule has 0 bridgehead atoms. The Kier molecular flexibility index (Phi) is 4.62. The summed E-state index contributed by atoms with van der Waals surface area (Å²) in [6, 6.07) is 9.67. The summed E-state index contributed by atoms with van der Waals surface area (Å²) in [6.07, 6.45) is 3.78. The van der Waals surface area contributed by atoms with Gasteiger partial charge < -0.3 is 10.0 Å². The minimum Gasteiger partial charge on any atom is -0.393 e. The van der Waals surface area contributed by atoms with E-state index < -0.39 is 0 Å². The number of carbonyl (C=O) groups is 1. The first-order valence-electron chi connectivity index (χ1n) is 8.36. The molecule has 2 atom stereocenters. The fourth-order valence-electron chi connectivity index (χ4n) is 3.46. The van der Waals surface area contributed by atoms with Gasteiger partial charge in [-0.25, -0.2) is 0 Å². The third-order valence-corrected chi connectivity index (χ3v) is 4.81. The smallest absolute Gasteiger partial charge is 0.255 e. The van der Waals surface area contributed by atoms with E-state index in [4.69, 9.17) is 0 Å². The van der Waals surface area contributed by atoms with E-state index in [1.165, 1.54) is 0 Å². The van der Waals surface area contributed by atoms with Crippen molar-refractivity contribution >= 4 is 16.8 Å². The highest BCUT2D eigenvalue weighted by Gasteiger charge is 2.26. The van der Waals surface area contributed by atoms with Gasteiger partial charge in [-0.3, -0.25) is 9.78 Å². The van der Waals surface area contributed by atoms with Crippen molar-refractivity contribution in [3.8, 4) is 0 Å². The second-order valence-electron chi connectivity index (χ2n) is 6.63. The van der Waals surface area contributed by atoms with Crippen molar-refractivity contribution in [1.82, 2.24) is 9.88 Å². The van der Waals surface area contributed by atoms with Gasteiger partial charge in [0.15, 0.2) is 0 Å². The van der Waals surface area contributed by atoms with Crippen molar-refractivity contribution < 1.29 is 9.90 Å². The van der Waals surface area contributed by atoms with Crippen LogP contribution in [0.1, 0.15) is 41.7 Å². The molecule has 4 heteroatoms. The maximum atomic E-state index is 12.9. The summed E-state index contributed by atoms with van der Waals surface area (Å²) in [4.78, 5) is 19.1. The molecule has 1 aliphatic rings. The minimum absolute atomic E-state index is 0.0218. The van der Waals surface area contributed by atoms with Gasteiger partial charge in [0.1, 0.15) is 0 Å². The number of fused-ring (bicyclic) bond motifs is 1. The van der Waals surface area contributed by atoms with Crippen LogP contribution in [-0.4, -0.2) is 40.6 Å². The van der Waals surface area contributed by atoms with E-state index in [-0.39, 0.29) is 17.9 Å². The summed E-state index contributed by atoms with van der Waals surface area (Å²) < 4.78 is 0. The summed E-state index contributed by atoms with van der Waals surface area (Å²) >= 11 is 0. The van der Waals surface area contributed by atoms with Crippen molar-refractivity contribution in [1.29, 1.82) is 0 Å². The molecule has 0 aliphatic heterocycles. The van der Waals surface area contributed by atoms with Crippen molar-refractivity contribution in [2.45, 2.75) is 38.7 Å². The summed E-state index contributed by atoms with van der Waals surface area (Å²) in [6.45, 7) is 2.53. The molecule has 23 heavy (non-hydrogen) atoms. The molecule has 1 amide bonds. The van der Waals surface area contributed by atoms with Gasteiger partial charge >= 0.3 is 0 Å². The molecule has 1 aromatic heterocycles. The highest BCUT2D eigenvalue weighted by molar-refractivity contribution is 6.05. The van der Waals surface area contributed by atoms with Crippen LogP contribution in [-0.2, 0) is 0 Å². The maximum Gasteiger partial charge on any atom is 0.255 e. The monoisotopic (exact) mass is 312 g/mol. The first-order valence-corrected chi connectivity index (χ1v) is 8.36. The van der Waals surface area contributed by atoms with Gasteiger partial charge in [0, 0.05) is 30.6 Å². The first-order chi connectivity index (χ1) is 11.1. The highest BCUT2D eigenvalue weighted by Crippen LogP contribution is 2.26. The molecule has 2 aromatic rings. The summed E-state index contributed by atoms with van der Waals surface area (Å²) in [5.41, 5.74) is 2.30. The summed E-state index contributed by atoms with van der Waals surface area (Å²) in [7, 11) is 1.82. The molecule has 122 valence electrons. The SMILES string of the molecule is Cc1ccc2cccc(C(=O)N(C)CC3CCCCC3O)c2n1. The van der Waals surface area contributed by atoms with Crippen LogP contribution in [0.25, 0.3) is 10.9 Å². The standard InChI is InChI=1S/C19H24N2O2/c1-13-10-11-14-7-5-8-16(18(14)20-13)19(23)21(2)12-15-6-3-4-9-17(15)22/h5,7-8,10-11,15,17,22H,3-4,6,9,12H2,1-2H3. The number of hydrogen-bond donors (Lipinski definition) is 1. The molecule has 0 spiro atoms. The van der Waals surface area contributed by atoms with E-state index in [0.717, 1.165) is 42.3 Å². The van der Waals surface area contributed by atoms with Gasteiger partial charge in [0.2, 0.25) is 0 Å². The average Bonchev–Trinajstić information content (AvgIpc) is 2.55. The lowest BCUT2D eigenvalue weighted by molar-refractivity contribution is 0.0452. The molecule has 0 radical (unpaired) electrons. The van der Waals surface area contributed by atoms with Gasteiger partial charge in [-0.1, -0.05) is 31.0 Å². The number of para-hydroxylation sites is 1. The van der Waals surface area contributed by atoms with Crippen LogP contribution in [0, 0.1) is 12.8 Å². The largest absolute Gasteiger partial charge is 0.393 e. The molecule has 1 aliphatic carbocycles. The second-order valence-corrected chi connectivity index (χ2v) is 6.63. The van der Waals surface area contributed by atoms with E-state index in [9.17, 15) is 9.90 Å². The molecular weight excluding hydrogens is 288 g/mol. The predicted octanol–water partition coefficient (Wildman–Crippen LogP) is 3.17. The number of carbonyl (C=O) groups excluding carboxylic acids is 1. The number of aromatic nitrogens is 1. The summed E-state index contributed by atoms with van der Waals surface area (Å²) in [5.74, 6) is 0.161. The molecule has 4 nitrogen and oxygen atoms in total. The number of pyridine rings is 1. The van der Waals surface area contributed by atoms with Crippen LogP contribution < -0.4 is 0 Å². The van der Waals surface area contributed by atoms with Crippen LogP contribution in [0.3, 0.4) is 0 Å². The van der Waals surface area contributed by atoms with Crippen molar-refractivity contribution in [3.63, 3.8) is 0 Å². The fourth-order valence-corrected chi connectivity index (χ4v) is 3.46. The van der Waals surface area contributed by atoms with E-state index in [1.54, 1.807) is 4.90 Å². The first kappa shape index (κ1) is 15.9. The van der Waals surface area contributed by atoms with Crippen LogP contribution in [0.2, 0.25) is 0 Å². The molecule has 1 aromatic carbocycles. The predicted molar refractivity (Wildman–Crippen MR) is 91.4 cm³/mol. The quantitative estimate of drug-likeness (QED) is 0.947. The highest BCUT2D eigenvalue weighted by atomic mass is 16.3.